The molecule has 1 spiro atoms. The van der Waals surface area contributed by atoms with Gasteiger partial charge in [0, 0.05) is 77.9 Å². The van der Waals surface area contributed by atoms with Crippen molar-refractivity contribution in [1.29, 1.82) is 0 Å². The lowest BCUT2D eigenvalue weighted by atomic mass is 9.75. The van der Waals surface area contributed by atoms with Crippen molar-refractivity contribution in [1.82, 2.24) is 5.32 Å². The number of nitrogens with one attached hydrogen (secondary N) is 1. The number of hydrogen-bond acceptors (Lipinski definition) is 6. The molecule has 1 N–H and O–H groups in total. The number of esters is 1. The smallest absolute Gasteiger partial charge is 0.341 e. The van der Waals surface area contributed by atoms with Crippen molar-refractivity contribution in [3.63, 3.8) is 0 Å². The molecule has 0 saturated heterocycles. The van der Waals surface area contributed by atoms with Gasteiger partial charge >= 0.3 is 5.97 Å². The average Bonchev–Trinajstić information content (AvgIpc) is 3.32. The minimum Gasteiger partial charge on any atom is -0.456 e. The Labute approximate surface area is 307 Å². The number of amides is 1. The zero-order chi connectivity index (χ0) is 35.4. The number of likely N-dealkylation sites (N-methyl/N-ethyl adjacent to an activating group) is 1. The first kappa shape index (κ1) is 34.4. The Kier molecular flexibility index (Phi) is 8.22. The van der Waals surface area contributed by atoms with Crippen LogP contribution in [0.5, 0.6) is 11.5 Å². The van der Waals surface area contributed by atoms with Crippen LogP contribution in [0.3, 0.4) is 0 Å². The van der Waals surface area contributed by atoms with Crippen molar-refractivity contribution >= 4 is 75.2 Å². The molecule has 0 aromatic heterocycles. The summed E-state index contributed by atoms with van der Waals surface area (Å²) in [6.45, 7) is 13.9. The topological polar surface area (TPSA) is 71.1 Å². The van der Waals surface area contributed by atoms with Crippen LogP contribution >= 0.6 is 46.4 Å². The van der Waals surface area contributed by atoms with E-state index in [0.29, 0.717) is 47.6 Å². The minimum absolute atomic E-state index is 0.000992. The van der Waals surface area contributed by atoms with Gasteiger partial charge in [0.25, 0.3) is 0 Å². The molecule has 49 heavy (non-hydrogen) atoms. The van der Waals surface area contributed by atoms with Gasteiger partial charge in [-0.2, -0.15) is 0 Å². The van der Waals surface area contributed by atoms with Gasteiger partial charge in [-0.15, -0.1) is 0 Å². The molecular weight excluding hydrogens is 704 g/mol. The van der Waals surface area contributed by atoms with Crippen molar-refractivity contribution in [3.8, 4) is 11.5 Å². The molecule has 1 atom stereocenters. The van der Waals surface area contributed by atoms with Crippen LogP contribution in [0.4, 0.5) is 11.4 Å². The molecule has 0 aliphatic carbocycles. The number of benzene rings is 3. The fraction of sp³-hybridized carbons (Fsp3) is 0.421. The number of carbonyl (C=O) groups excluding carboxylic acids is 2. The Morgan fingerprint density at radius 2 is 1.61 bits per heavy atom. The lowest BCUT2D eigenvalue weighted by Gasteiger charge is -2.43. The Hall–Kier alpha value is -3.10. The summed E-state index contributed by atoms with van der Waals surface area (Å²) in [5, 5.41) is 3.20. The molecule has 4 aliphatic heterocycles. The van der Waals surface area contributed by atoms with E-state index in [4.69, 9.17) is 55.9 Å². The summed E-state index contributed by atoms with van der Waals surface area (Å²) in [5.41, 5.74) is 4.85. The normalized spacial score (nSPS) is 20.1. The Morgan fingerprint density at radius 1 is 0.959 bits per heavy atom. The van der Waals surface area contributed by atoms with E-state index >= 15 is 0 Å². The molecule has 3 aromatic rings. The van der Waals surface area contributed by atoms with Gasteiger partial charge in [-0.1, -0.05) is 52.5 Å². The maximum absolute atomic E-state index is 13.9. The molecule has 0 radical (unpaired) electrons. The molecule has 258 valence electrons. The molecule has 1 unspecified atom stereocenters. The van der Waals surface area contributed by atoms with Gasteiger partial charge in [-0.3, -0.25) is 4.79 Å². The van der Waals surface area contributed by atoms with E-state index in [9.17, 15) is 9.59 Å². The number of rotatable bonds is 4. The highest BCUT2D eigenvalue weighted by Crippen LogP contribution is 2.62. The Morgan fingerprint density at radius 3 is 2.31 bits per heavy atom. The predicted molar refractivity (Wildman–Crippen MR) is 199 cm³/mol. The summed E-state index contributed by atoms with van der Waals surface area (Å²) < 4.78 is 13.3. The van der Waals surface area contributed by atoms with Crippen molar-refractivity contribution < 1.29 is 19.1 Å². The standard InChI is InChI=1S/C38H39Cl4N3O4/c1-19-18-37(5,6)44(7)25-17-27-23(15-21(19)25)38(30-29(35(47)49-38)31(39)33(41)34(42)32(30)40)22-14-20-10-8-12-45(24(20)16-26(22)48-27)13-9-11-28(46)43-36(2,3)4/h14-18H,8-13H2,1-7H3,(H,43,46). The molecule has 4 aliphatic rings. The molecule has 1 amide bonds. The Balaban J connectivity index is 1.41. The van der Waals surface area contributed by atoms with E-state index in [0.717, 1.165) is 47.5 Å². The van der Waals surface area contributed by atoms with Crippen LogP contribution in [-0.2, 0) is 21.6 Å². The van der Waals surface area contributed by atoms with Crippen molar-refractivity contribution in [2.24, 2.45) is 0 Å². The van der Waals surface area contributed by atoms with E-state index in [-0.39, 0.29) is 42.6 Å². The fourth-order valence-corrected chi connectivity index (χ4v) is 8.83. The van der Waals surface area contributed by atoms with E-state index in [2.05, 4.69) is 55.1 Å². The van der Waals surface area contributed by atoms with Crippen LogP contribution in [0.15, 0.2) is 30.3 Å². The quantitative estimate of drug-likeness (QED) is 0.163. The molecule has 0 saturated carbocycles. The third-order valence-corrected chi connectivity index (χ3v) is 11.9. The molecule has 0 fully saturated rings. The third kappa shape index (κ3) is 5.38. The van der Waals surface area contributed by atoms with Crippen LogP contribution in [0, 0.1) is 0 Å². The number of halogens is 4. The largest absolute Gasteiger partial charge is 0.456 e. The number of carbonyl (C=O) groups is 2. The van der Waals surface area contributed by atoms with Gasteiger partial charge in [0.15, 0.2) is 5.60 Å². The van der Waals surface area contributed by atoms with Crippen molar-refractivity contribution in [2.75, 3.05) is 29.9 Å². The fourth-order valence-electron chi connectivity index (χ4n) is 7.77. The van der Waals surface area contributed by atoms with E-state index in [1.54, 1.807) is 0 Å². The zero-order valence-corrected chi connectivity index (χ0v) is 31.7. The second kappa shape index (κ2) is 11.7. The third-order valence-electron chi connectivity index (χ3n) is 10.1. The number of aryl methyl sites for hydroxylation is 1. The zero-order valence-electron chi connectivity index (χ0n) is 28.7. The first-order valence-electron chi connectivity index (χ1n) is 16.6. The van der Waals surface area contributed by atoms with E-state index < -0.39 is 11.6 Å². The predicted octanol–water partition coefficient (Wildman–Crippen LogP) is 9.95. The van der Waals surface area contributed by atoms with Gasteiger partial charge in [0.05, 0.1) is 31.2 Å². The summed E-state index contributed by atoms with van der Waals surface area (Å²) in [6.07, 6.45) is 5.09. The lowest BCUT2D eigenvalue weighted by Crippen LogP contribution is -2.42. The maximum Gasteiger partial charge on any atom is 0.341 e. The molecule has 4 heterocycles. The van der Waals surface area contributed by atoms with Gasteiger partial charge in [-0.05, 0) is 84.1 Å². The number of hydrogen-bond donors (Lipinski definition) is 1. The Bertz CT molecular complexity index is 2000. The number of ether oxygens (including phenoxy) is 2. The highest BCUT2D eigenvalue weighted by molar-refractivity contribution is 6.53. The van der Waals surface area contributed by atoms with E-state index in [1.807, 2.05) is 39.0 Å². The van der Waals surface area contributed by atoms with Crippen molar-refractivity contribution in [3.05, 3.63) is 83.8 Å². The number of nitrogens with zero attached hydrogens (tertiary/aromatic N) is 2. The summed E-state index contributed by atoms with van der Waals surface area (Å²) in [7, 11) is 2.06. The second-order valence-corrected chi connectivity index (χ2v) is 16.6. The molecule has 0 bridgehead atoms. The molecule has 3 aromatic carbocycles. The minimum atomic E-state index is -1.51. The molecule has 11 heteroatoms. The second-order valence-electron chi connectivity index (χ2n) is 15.1. The summed E-state index contributed by atoms with van der Waals surface area (Å²) in [6, 6.07) is 8.14. The average molecular weight is 744 g/mol. The molecule has 7 nitrogen and oxygen atoms in total. The van der Waals surface area contributed by atoms with Crippen LogP contribution in [-0.4, -0.2) is 43.1 Å². The molecule has 7 rings (SSSR count). The van der Waals surface area contributed by atoms with Gasteiger partial charge < -0.3 is 24.6 Å². The van der Waals surface area contributed by atoms with Crippen LogP contribution < -0.4 is 19.9 Å². The van der Waals surface area contributed by atoms with Gasteiger partial charge in [-0.25, -0.2) is 4.79 Å². The number of fused-ring (bicyclic) bond motifs is 8. The number of anilines is 2. The van der Waals surface area contributed by atoms with Gasteiger partial charge in [0.1, 0.15) is 11.5 Å². The maximum atomic E-state index is 13.9. The SMILES string of the molecule is CC1=CC(C)(C)N(C)c2cc3c(cc21)C1(OC(=O)c2c(Cl)c(Cl)c(Cl)c(Cl)c21)c1cc2c(cc1O3)N(CCCC(=O)NC(C)(C)C)CCC2. The highest BCUT2D eigenvalue weighted by atomic mass is 35.5. The van der Waals surface area contributed by atoms with Crippen LogP contribution in [0.25, 0.3) is 5.57 Å². The highest BCUT2D eigenvalue weighted by Gasteiger charge is 2.57. The van der Waals surface area contributed by atoms with Crippen LogP contribution in [0.2, 0.25) is 20.1 Å². The summed E-state index contributed by atoms with van der Waals surface area (Å²) in [4.78, 5) is 31.0. The summed E-state index contributed by atoms with van der Waals surface area (Å²) in [5.74, 6) is 0.459. The summed E-state index contributed by atoms with van der Waals surface area (Å²) >= 11 is 27.0. The lowest BCUT2D eigenvalue weighted by molar-refractivity contribution is -0.122. The van der Waals surface area contributed by atoms with Crippen molar-refractivity contribution in [2.45, 2.75) is 83.9 Å². The first-order chi connectivity index (χ1) is 22.9. The van der Waals surface area contributed by atoms with E-state index in [1.165, 1.54) is 0 Å². The monoisotopic (exact) mass is 741 g/mol. The van der Waals surface area contributed by atoms with Gasteiger partial charge in [0.2, 0.25) is 5.91 Å². The molecular formula is C38H39Cl4N3O4. The first-order valence-corrected chi connectivity index (χ1v) is 18.1. The van der Waals surface area contributed by atoms with Crippen LogP contribution in [0.1, 0.15) is 99.0 Å². The number of allylic oxidation sites excluding steroid dienone is 1.